The number of rotatable bonds is 4. The molecule has 0 saturated carbocycles. The van der Waals surface area contributed by atoms with Gasteiger partial charge in [-0.15, -0.1) is 11.8 Å². The quantitative estimate of drug-likeness (QED) is 0.753. The molecule has 0 aliphatic carbocycles. The molecular weight excluding hydrogens is 182 g/mol. The molecule has 1 N–H and O–H groups in total. The summed E-state index contributed by atoms with van der Waals surface area (Å²) >= 11 is 1.73. The number of aliphatic hydroxyl groups is 1. The second-order valence-electron chi connectivity index (χ2n) is 2.95. The summed E-state index contributed by atoms with van der Waals surface area (Å²) in [6, 6.07) is 3.80. The molecule has 1 aromatic heterocycles. The van der Waals surface area contributed by atoms with Gasteiger partial charge in [-0.3, -0.25) is 0 Å². The zero-order valence-corrected chi connectivity index (χ0v) is 8.84. The highest BCUT2D eigenvalue weighted by molar-refractivity contribution is 7.99. The van der Waals surface area contributed by atoms with Crippen LogP contribution in [0, 0.1) is 0 Å². The molecule has 0 amide bonds. The smallest absolute Gasteiger partial charge is 0.0963 e. The number of hydrogen-bond donors (Lipinski definition) is 1. The van der Waals surface area contributed by atoms with Crippen molar-refractivity contribution < 1.29 is 5.11 Å². The van der Waals surface area contributed by atoms with Crippen molar-refractivity contribution in [2.75, 3.05) is 5.75 Å². The summed E-state index contributed by atoms with van der Waals surface area (Å²) in [4.78, 5) is 4.21. The van der Waals surface area contributed by atoms with Crippen LogP contribution < -0.4 is 0 Å². The van der Waals surface area contributed by atoms with Crippen molar-refractivity contribution in [3.05, 3.63) is 23.9 Å². The molecule has 1 rings (SSSR count). The lowest BCUT2D eigenvalue weighted by Crippen LogP contribution is -1.92. The number of aliphatic hydroxyl groups excluding tert-OH is 1. The zero-order chi connectivity index (χ0) is 9.68. The van der Waals surface area contributed by atoms with Crippen LogP contribution in [0.25, 0.3) is 0 Å². The van der Waals surface area contributed by atoms with Crippen molar-refractivity contribution in [2.45, 2.75) is 31.4 Å². The van der Waals surface area contributed by atoms with Crippen LogP contribution in [0.15, 0.2) is 23.4 Å². The molecule has 0 saturated heterocycles. The van der Waals surface area contributed by atoms with E-state index in [4.69, 9.17) is 0 Å². The Hall–Kier alpha value is -0.540. The molecule has 0 spiro atoms. The van der Waals surface area contributed by atoms with Crippen molar-refractivity contribution in [1.29, 1.82) is 0 Å². The van der Waals surface area contributed by atoms with Crippen LogP contribution in [0.1, 0.15) is 31.9 Å². The lowest BCUT2D eigenvalue weighted by molar-refractivity contribution is 0.199. The Balaban J connectivity index is 2.68. The maximum Gasteiger partial charge on any atom is 0.0963 e. The molecule has 0 radical (unpaired) electrons. The first-order chi connectivity index (χ1) is 6.24. The Kier molecular flexibility index (Phi) is 4.25. The van der Waals surface area contributed by atoms with Crippen LogP contribution >= 0.6 is 11.8 Å². The topological polar surface area (TPSA) is 33.1 Å². The first kappa shape index (κ1) is 10.5. The van der Waals surface area contributed by atoms with Crippen molar-refractivity contribution >= 4 is 11.8 Å². The fraction of sp³-hybridized carbons (Fsp3) is 0.500. The molecule has 1 heterocycles. The summed E-state index contributed by atoms with van der Waals surface area (Å²) in [6.07, 6.45) is 2.50. The van der Waals surface area contributed by atoms with Crippen LogP contribution in [0.4, 0.5) is 0 Å². The van der Waals surface area contributed by atoms with E-state index < -0.39 is 6.10 Å². The minimum absolute atomic E-state index is 0.399. The third-order valence-electron chi connectivity index (χ3n) is 1.70. The van der Waals surface area contributed by atoms with Gasteiger partial charge in [-0.2, -0.15) is 0 Å². The largest absolute Gasteiger partial charge is 0.389 e. The minimum atomic E-state index is -0.399. The molecule has 13 heavy (non-hydrogen) atoms. The molecule has 2 nitrogen and oxygen atoms in total. The van der Waals surface area contributed by atoms with E-state index in [1.165, 1.54) is 0 Å². The van der Waals surface area contributed by atoms with Gasteiger partial charge >= 0.3 is 0 Å². The summed E-state index contributed by atoms with van der Waals surface area (Å²) in [5.41, 5.74) is 0.939. The number of hydrogen-bond acceptors (Lipinski definition) is 3. The lowest BCUT2D eigenvalue weighted by Gasteiger charge is -2.05. The minimum Gasteiger partial charge on any atom is -0.389 e. The molecule has 1 aromatic rings. The van der Waals surface area contributed by atoms with Crippen molar-refractivity contribution in [1.82, 2.24) is 4.98 Å². The highest BCUT2D eigenvalue weighted by atomic mass is 32.2. The van der Waals surface area contributed by atoms with Gasteiger partial charge in [0.25, 0.3) is 0 Å². The molecule has 0 bridgehead atoms. The fourth-order valence-electron chi connectivity index (χ4n) is 0.970. The van der Waals surface area contributed by atoms with E-state index in [1.807, 2.05) is 12.1 Å². The number of pyridine rings is 1. The van der Waals surface area contributed by atoms with Crippen LogP contribution in [-0.2, 0) is 0 Å². The maximum atomic E-state index is 9.34. The van der Waals surface area contributed by atoms with Gasteiger partial charge in [-0.05, 0) is 36.8 Å². The van der Waals surface area contributed by atoms with Crippen molar-refractivity contribution in [3.63, 3.8) is 0 Å². The highest BCUT2D eigenvalue weighted by Crippen LogP contribution is 2.20. The second-order valence-corrected chi connectivity index (χ2v) is 4.07. The molecular formula is C10H15NOS. The molecule has 0 aliphatic heterocycles. The summed E-state index contributed by atoms with van der Waals surface area (Å²) < 4.78 is 0. The Bertz CT molecular complexity index is 263. The number of aromatic nitrogens is 1. The summed E-state index contributed by atoms with van der Waals surface area (Å²) in [6.45, 7) is 3.91. The molecule has 0 fully saturated rings. The van der Waals surface area contributed by atoms with Gasteiger partial charge in [0.05, 0.1) is 11.1 Å². The van der Waals surface area contributed by atoms with Gasteiger partial charge in [0.2, 0.25) is 0 Å². The Morgan fingerprint density at radius 1 is 1.62 bits per heavy atom. The monoisotopic (exact) mass is 197 g/mol. The predicted molar refractivity (Wildman–Crippen MR) is 55.9 cm³/mol. The van der Waals surface area contributed by atoms with Gasteiger partial charge in [-0.1, -0.05) is 6.92 Å². The average Bonchev–Trinajstić information content (AvgIpc) is 2.15. The highest BCUT2D eigenvalue weighted by Gasteiger charge is 2.02. The van der Waals surface area contributed by atoms with Gasteiger partial charge in [-0.25, -0.2) is 4.98 Å². The van der Waals surface area contributed by atoms with Gasteiger partial charge < -0.3 is 5.11 Å². The van der Waals surface area contributed by atoms with Crippen molar-refractivity contribution in [3.8, 4) is 0 Å². The van der Waals surface area contributed by atoms with Crippen molar-refractivity contribution in [2.24, 2.45) is 0 Å². The molecule has 0 aromatic carbocycles. The number of thioether (sulfide) groups is 1. The van der Waals surface area contributed by atoms with E-state index >= 15 is 0 Å². The Morgan fingerprint density at radius 3 is 3.00 bits per heavy atom. The zero-order valence-electron chi connectivity index (χ0n) is 8.03. The maximum absolute atomic E-state index is 9.34. The summed E-state index contributed by atoms with van der Waals surface area (Å²) in [7, 11) is 0. The van der Waals surface area contributed by atoms with E-state index in [9.17, 15) is 5.11 Å². The van der Waals surface area contributed by atoms with E-state index in [1.54, 1.807) is 24.9 Å². The number of nitrogens with zero attached hydrogens (tertiary/aromatic N) is 1. The first-order valence-corrected chi connectivity index (χ1v) is 5.49. The Morgan fingerprint density at radius 2 is 2.38 bits per heavy atom. The first-order valence-electron chi connectivity index (χ1n) is 4.51. The van der Waals surface area contributed by atoms with Crippen LogP contribution in [0.5, 0.6) is 0 Å². The van der Waals surface area contributed by atoms with Gasteiger partial charge in [0.15, 0.2) is 0 Å². The van der Waals surface area contributed by atoms with Crippen LogP contribution in [-0.4, -0.2) is 15.8 Å². The van der Waals surface area contributed by atoms with E-state index in [0.717, 1.165) is 22.8 Å². The Labute approximate surface area is 83.4 Å². The van der Waals surface area contributed by atoms with E-state index in [2.05, 4.69) is 11.9 Å². The molecule has 72 valence electrons. The van der Waals surface area contributed by atoms with E-state index in [-0.39, 0.29) is 0 Å². The standard InChI is InChI=1S/C10H15NOS/c1-3-6-13-10-7-9(8(2)12)4-5-11-10/h4-5,7-8,12H,3,6H2,1-2H3/t8-/m0/s1. The lowest BCUT2D eigenvalue weighted by atomic mass is 10.2. The average molecular weight is 197 g/mol. The third kappa shape index (κ3) is 3.36. The summed E-state index contributed by atoms with van der Waals surface area (Å²) in [5, 5.41) is 10.3. The second kappa shape index (κ2) is 5.25. The summed E-state index contributed by atoms with van der Waals surface area (Å²) in [5.74, 6) is 1.08. The predicted octanol–water partition coefficient (Wildman–Crippen LogP) is 2.64. The fourth-order valence-corrected chi connectivity index (χ4v) is 1.74. The molecule has 3 heteroatoms. The van der Waals surface area contributed by atoms with Crippen LogP contribution in [0.3, 0.4) is 0 Å². The molecule has 0 unspecified atom stereocenters. The third-order valence-corrected chi connectivity index (χ3v) is 2.83. The SMILES string of the molecule is CCCSc1cc([C@H](C)O)ccn1. The van der Waals surface area contributed by atoms with Gasteiger partial charge in [0.1, 0.15) is 0 Å². The van der Waals surface area contributed by atoms with Crippen LogP contribution in [0.2, 0.25) is 0 Å². The normalized spacial score (nSPS) is 12.8. The molecule has 1 atom stereocenters. The molecule has 0 aliphatic rings. The van der Waals surface area contributed by atoms with Gasteiger partial charge in [0, 0.05) is 6.20 Å². The van der Waals surface area contributed by atoms with E-state index in [0.29, 0.717) is 0 Å².